The molecule has 140 valence electrons. The van der Waals surface area contributed by atoms with Gasteiger partial charge in [0.25, 0.3) is 10.0 Å². The molecule has 1 fully saturated rings. The highest BCUT2D eigenvalue weighted by atomic mass is 32.2. The highest BCUT2D eigenvalue weighted by Gasteiger charge is 2.34. The van der Waals surface area contributed by atoms with Gasteiger partial charge in [-0.05, 0) is 30.9 Å². The number of piperidine rings is 1. The van der Waals surface area contributed by atoms with E-state index in [1.54, 1.807) is 23.6 Å². The molecule has 1 aromatic heterocycles. The quantitative estimate of drug-likeness (QED) is 0.651. The number of hydrogen-bond acceptors (Lipinski definition) is 7. The lowest BCUT2D eigenvalue weighted by atomic mass is 9.98. The predicted molar refractivity (Wildman–Crippen MR) is 92.9 cm³/mol. The van der Waals surface area contributed by atoms with Crippen LogP contribution in [-0.4, -0.2) is 44.2 Å². The van der Waals surface area contributed by atoms with Gasteiger partial charge in [-0.1, -0.05) is 6.07 Å². The molecule has 2 heterocycles. The largest absolute Gasteiger partial charge is 0.457 e. The number of allylic oxidation sites excluding steroid dienone is 1. The van der Waals surface area contributed by atoms with Crippen molar-refractivity contribution in [3.05, 3.63) is 29.8 Å². The predicted octanol–water partition coefficient (Wildman–Crippen LogP) is 0.156. The first-order valence-corrected chi connectivity index (χ1v) is 10.2. The number of ether oxygens (including phenoxy) is 1. The number of thiophene rings is 1. The Balaban J connectivity index is 1.86. The first-order chi connectivity index (χ1) is 12.3. The van der Waals surface area contributed by atoms with Gasteiger partial charge in [0.05, 0.1) is 12.0 Å². The standard InChI is InChI=1S/C16H19N3O5S2/c1-11(18)13(9-17)14(20)10-24-16(21)12-4-6-19(7-5-12)26(22,23)15-3-2-8-25-15/h2-3,8,12-13H,1,4-7,10,18H2/p+1/t13-/m0/s1. The average molecular weight is 398 g/mol. The number of carbonyl (C=O) groups excluding carboxylic acids is 2. The topological polar surface area (TPSA) is 132 Å². The zero-order valence-corrected chi connectivity index (χ0v) is 15.7. The third kappa shape index (κ3) is 4.56. The second kappa shape index (κ2) is 8.55. The summed E-state index contributed by atoms with van der Waals surface area (Å²) in [5, 5.41) is 10.6. The molecule has 1 aliphatic rings. The van der Waals surface area contributed by atoms with Gasteiger partial charge in [0, 0.05) is 13.1 Å². The Morgan fingerprint density at radius 2 is 2.12 bits per heavy atom. The summed E-state index contributed by atoms with van der Waals surface area (Å²) >= 11 is 1.15. The minimum Gasteiger partial charge on any atom is -0.457 e. The maximum absolute atomic E-state index is 12.4. The van der Waals surface area contributed by atoms with Crippen LogP contribution >= 0.6 is 11.3 Å². The van der Waals surface area contributed by atoms with E-state index in [9.17, 15) is 18.0 Å². The van der Waals surface area contributed by atoms with E-state index >= 15 is 0 Å². The molecule has 0 unspecified atom stereocenters. The number of Topliss-reactive ketones (excluding diaryl/α,β-unsaturated/α-hetero) is 1. The molecular weight excluding hydrogens is 378 g/mol. The molecule has 1 aliphatic heterocycles. The van der Waals surface area contributed by atoms with E-state index in [0.717, 1.165) is 11.3 Å². The molecule has 26 heavy (non-hydrogen) atoms. The number of esters is 1. The molecule has 3 N–H and O–H groups in total. The van der Waals surface area contributed by atoms with Gasteiger partial charge in [0.2, 0.25) is 0 Å². The van der Waals surface area contributed by atoms with Crippen LogP contribution in [0.1, 0.15) is 12.8 Å². The van der Waals surface area contributed by atoms with E-state index in [1.165, 1.54) is 4.31 Å². The number of nitriles is 1. The maximum Gasteiger partial charge on any atom is 0.309 e. The van der Waals surface area contributed by atoms with Crippen molar-refractivity contribution in [2.75, 3.05) is 19.7 Å². The summed E-state index contributed by atoms with van der Waals surface area (Å²) in [4.78, 5) is 23.9. The molecule has 0 saturated carbocycles. The number of nitrogens with zero attached hydrogens (tertiary/aromatic N) is 2. The number of ketones is 1. The van der Waals surface area contributed by atoms with E-state index < -0.39 is 40.2 Å². The Labute approximate surface area is 155 Å². The van der Waals surface area contributed by atoms with Gasteiger partial charge < -0.3 is 10.5 Å². The Hall–Kier alpha value is -2.06. The summed E-state index contributed by atoms with van der Waals surface area (Å²) in [5.41, 5.74) is 3.61. The van der Waals surface area contributed by atoms with Crippen LogP contribution in [0.4, 0.5) is 0 Å². The van der Waals surface area contributed by atoms with E-state index in [2.05, 4.69) is 12.3 Å². The Morgan fingerprint density at radius 3 is 2.62 bits per heavy atom. The van der Waals surface area contributed by atoms with Crippen LogP contribution in [0.3, 0.4) is 0 Å². The van der Waals surface area contributed by atoms with E-state index in [0.29, 0.717) is 12.8 Å². The van der Waals surface area contributed by atoms with Crippen molar-refractivity contribution in [2.24, 2.45) is 11.8 Å². The van der Waals surface area contributed by atoms with Gasteiger partial charge >= 0.3 is 5.97 Å². The molecule has 2 rings (SSSR count). The third-order valence-electron chi connectivity index (χ3n) is 4.09. The summed E-state index contributed by atoms with van der Waals surface area (Å²) in [6.07, 6.45) is 0.642. The van der Waals surface area contributed by atoms with Gasteiger partial charge in [-0.15, -0.1) is 11.3 Å². The number of carbonyl (C=O) groups is 2. The molecule has 0 aliphatic carbocycles. The van der Waals surface area contributed by atoms with Crippen LogP contribution in [0.25, 0.3) is 0 Å². The van der Waals surface area contributed by atoms with Crippen LogP contribution in [0, 0.1) is 23.2 Å². The lowest BCUT2D eigenvalue weighted by Crippen LogP contribution is -2.51. The fraction of sp³-hybridized carbons (Fsp3) is 0.438. The number of quaternary nitrogens is 1. The molecule has 0 aromatic carbocycles. The van der Waals surface area contributed by atoms with Gasteiger partial charge in [-0.2, -0.15) is 9.57 Å². The molecule has 0 spiro atoms. The van der Waals surface area contributed by atoms with Crippen molar-refractivity contribution in [1.82, 2.24) is 4.31 Å². The van der Waals surface area contributed by atoms with Crippen molar-refractivity contribution in [3.63, 3.8) is 0 Å². The minimum absolute atomic E-state index is 0.153. The molecule has 1 atom stereocenters. The normalized spacial score (nSPS) is 17.2. The number of rotatable bonds is 7. The zero-order valence-electron chi connectivity index (χ0n) is 14.1. The fourth-order valence-electron chi connectivity index (χ4n) is 2.60. The van der Waals surface area contributed by atoms with E-state index in [-0.39, 0.29) is 23.0 Å². The molecular formula is C16H20N3O5S2+. The van der Waals surface area contributed by atoms with Crippen LogP contribution < -0.4 is 5.73 Å². The highest BCUT2D eigenvalue weighted by Crippen LogP contribution is 2.26. The number of hydrogen-bond donors (Lipinski definition) is 1. The molecule has 10 heteroatoms. The van der Waals surface area contributed by atoms with Crippen molar-refractivity contribution in [3.8, 4) is 6.07 Å². The van der Waals surface area contributed by atoms with E-state index in [1.807, 2.05) is 0 Å². The van der Waals surface area contributed by atoms with Gasteiger partial charge in [-0.3, -0.25) is 9.59 Å². The van der Waals surface area contributed by atoms with Crippen molar-refractivity contribution in [2.45, 2.75) is 17.1 Å². The summed E-state index contributed by atoms with van der Waals surface area (Å²) in [5.74, 6) is -2.70. The van der Waals surface area contributed by atoms with Crippen LogP contribution in [0.2, 0.25) is 0 Å². The Morgan fingerprint density at radius 1 is 1.46 bits per heavy atom. The van der Waals surface area contributed by atoms with E-state index in [4.69, 9.17) is 10.00 Å². The Kier molecular flexibility index (Phi) is 6.66. The second-order valence-electron chi connectivity index (χ2n) is 5.90. The lowest BCUT2D eigenvalue weighted by Gasteiger charge is -2.29. The monoisotopic (exact) mass is 398 g/mol. The first kappa shape index (κ1) is 20.3. The van der Waals surface area contributed by atoms with Gasteiger partial charge in [0.15, 0.2) is 18.3 Å². The van der Waals surface area contributed by atoms with Crippen molar-refractivity contribution < 1.29 is 28.5 Å². The van der Waals surface area contributed by atoms with Gasteiger partial charge in [-0.25, -0.2) is 8.42 Å². The van der Waals surface area contributed by atoms with Crippen LogP contribution in [0.15, 0.2) is 34.0 Å². The molecule has 1 saturated heterocycles. The van der Waals surface area contributed by atoms with Crippen molar-refractivity contribution >= 4 is 33.1 Å². The summed E-state index contributed by atoms with van der Waals surface area (Å²) in [7, 11) is -3.52. The van der Waals surface area contributed by atoms with Crippen LogP contribution in [0.5, 0.6) is 0 Å². The summed E-state index contributed by atoms with van der Waals surface area (Å²) in [6, 6.07) is 4.99. The highest BCUT2D eigenvalue weighted by molar-refractivity contribution is 7.91. The average Bonchev–Trinajstić information content (AvgIpc) is 3.15. The smallest absolute Gasteiger partial charge is 0.309 e. The molecule has 0 radical (unpaired) electrons. The molecule has 0 amide bonds. The molecule has 1 aromatic rings. The van der Waals surface area contributed by atoms with Crippen molar-refractivity contribution in [1.29, 1.82) is 5.26 Å². The SMILES string of the molecule is C=C([NH3+])[C@H](C#N)C(=O)COC(=O)C1CCN(S(=O)(=O)c2cccs2)CC1. The summed E-state index contributed by atoms with van der Waals surface area (Å²) in [6.45, 7) is 3.37. The van der Waals surface area contributed by atoms with Gasteiger partial charge in [0.1, 0.15) is 9.91 Å². The summed E-state index contributed by atoms with van der Waals surface area (Å²) < 4.78 is 31.5. The minimum atomic E-state index is -3.52. The fourth-order valence-corrected chi connectivity index (χ4v) is 5.22. The first-order valence-electron chi connectivity index (χ1n) is 7.90. The number of sulfonamides is 1. The lowest BCUT2D eigenvalue weighted by molar-refractivity contribution is -0.309. The molecule has 8 nitrogen and oxygen atoms in total. The van der Waals surface area contributed by atoms with Crippen LogP contribution in [-0.2, 0) is 24.3 Å². The zero-order chi connectivity index (χ0) is 19.3. The maximum atomic E-state index is 12.4. The molecule has 0 bridgehead atoms. The second-order valence-corrected chi connectivity index (χ2v) is 9.02. The third-order valence-corrected chi connectivity index (χ3v) is 7.36. The Bertz CT molecular complexity index is 819.